The summed E-state index contributed by atoms with van der Waals surface area (Å²) in [6, 6.07) is 7.96. The predicted molar refractivity (Wildman–Crippen MR) is 104 cm³/mol. The highest BCUT2D eigenvalue weighted by Crippen LogP contribution is 2.26. The molecule has 146 valence electrons. The van der Waals surface area contributed by atoms with Crippen molar-refractivity contribution in [3.05, 3.63) is 50.1 Å². The van der Waals surface area contributed by atoms with Gasteiger partial charge in [-0.25, -0.2) is 0 Å². The molecule has 0 aliphatic carbocycles. The molecule has 0 radical (unpaired) electrons. The van der Waals surface area contributed by atoms with Crippen LogP contribution in [0, 0.1) is 10.1 Å². The molecule has 0 aliphatic rings. The number of thiazole rings is 1. The van der Waals surface area contributed by atoms with E-state index in [0.29, 0.717) is 17.9 Å². The van der Waals surface area contributed by atoms with Crippen molar-refractivity contribution >= 4 is 49.8 Å². The number of rotatable bonds is 6. The molecule has 2 heterocycles. The molecule has 11 heteroatoms. The largest absolute Gasteiger partial charge is 0.494 e. The molecule has 0 bridgehead atoms. The number of hydrogen-bond acceptors (Lipinski definition) is 8. The summed E-state index contributed by atoms with van der Waals surface area (Å²) in [4.78, 5) is 39.1. The lowest BCUT2D eigenvalue weighted by atomic mass is 10.3. The molecule has 3 aromatic rings. The Bertz CT molecular complexity index is 1130. The number of carbonyl (C=O) groups is 2. The van der Waals surface area contributed by atoms with Gasteiger partial charge in [-0.2, -0.15) is 4.99 Å². The fourth-order valence-corrected chi connectivity index (χ4v) is 4.19. The molecule has 0 saturated heterocycles. The number of fused-ring (bicyclic) bond motifs is 1. The van der Waals surface area contributed by atoms with Gasteiger partial charge >= 0.3 is 11.0 Å². The lowest BCUT2D eigenvalue weighted by Crippen LogP contribution is -2.22. The number of amides is 1. The van der Waals surface area contributed by atoms with Gasteiger partial charge in [0.2, 0.25) is 0 Å². The average molecular weight is 421 g/mol. The molecule has 0 unspecified atom stereocenters. The maximum absolute atomic E-state index is 12.5. The van der Waals surface area contributed by atoms with Crippen molar-refractivity contribution in [1.29, 1.82) is 0 Å². The second-order valence-electron chi connectivity index (χ2n) is 5.42. The molecule has 0 spiro atoms. The third-order valence-electron chi connectivity index (χ3n) is 3.66. The highest BCUT2D eigenvalue weighted by atomic mass is 32.1. The quantitative estimate of drug-likeness (QED) is 0.343. The number of ether oxygens (including phenoxy) is 2. The minimum absolute atomic E-state index is 0.124. The first kappa shape index (κ1) is 19.7. The van der Waals surface area contributed by atoms with Crippen LogP contribution < -0.4 is 9.54 Å². The van der Waals surface area contributed by atoms with Gasteiger partial charge in [0.05, 0.1) is 28.9 Å². The van der Waals surface area contributed by atoms with Gasteiger partial charge in [0, 0.05) is 6.07 Å². The Balaban J connectivity index is 2.09. The van der Waals surface area contributed by atoms with Crippen LogP contribution in [-0.4, -0.2) is 35.1 Å². The normalized spacial score (nSPS) is 11.6. The van der Waals surface area contributed by atoms with Crippen molar-refractivity contribution in [2.75, 3.05) is 13.7 Å². The molecule has 0 saturated carbocycles. The molecule has 0 atom stereocenters. The Kier molecular flexibility index (Phi) is 5.85. The second-order valence-corrected chi connectivity index (χ2v) is 7.49. The van der Waals surface area contributed by atoms with Crippen LogP contribution in [-0.2, 0) is 16.1 Å². The van der Waals surface area contributed by atoms with Crippen molar-refractivity contribution in [2.45, 2.75) is 13.5 Å². The van der Waals surface area contributed by atoms with Gasteiger partial charge < -0.3 is 14.0 Å². The van der Waals surface area contributed by atoms with E-state index in [0.717, 1.165) is 16.0 Å². The van der Waals surface area contributed by atoms with Crippen LogP contribution in [0.3, 0.4) is 0 Å². The first-order valence-electron chi connectivity index (χ1n) is 8.09. The lowest BCUT2D eigenvalue weighted by Gasteiger charge is -2.05. The number of methoxy groups -OCH3 is 1. The van der Waals surface area contributed by atoms with E-state index >= 15 is 0 Å². The molecule has 28 heavy (non-hydrogen) atoms. The Morgan fingerprint density at radius 1 is 1.25 bits per heavy atom. The molecule has 1 aromatic carbocycles. The first-order valence-corrected chi connectivity index (χ1v) is 9.72. The highest BCUT2D eigenvalue weighted by Gasteiger charge is 2.17. The van der Waals surface area contributed by atoms with Gasteiger partial charge in [-0.3, -0.25) is 19.7 Å². The lowest BCUT2D eigenvalue weighted by molar-refractivity contribution is -0.380. The molecule has 1 amide bonds. The number of nitro groups is 1. The van der Waals surface area contributed by atoms with Crippen LogP contribution in [0.15, 0.2) is 35.3 Å². The molecule has 9 nitrogen and oxygen atoms in total. The van der Waals surface area contributed by atoms with Crippen LogP contribution in [0.5, 0.6) is 5.75 Å². The van der Waals surface area contributed by atoms with E-state index in [1.54, 1.807) is 22.8 Å². The van der Waals surface area contributed by atoms with Gasteiger partial charge in [0.15, 0.2) is 4.80 Å². The summed E-state index contributed by atoms with van der Waals surface area (Å²) in [6.07, 6.45) is 0. The Morgan fingerprint density at radius 2 is 2.04 bits per heavy atom. The second kappa shape index (κ2) is 8.31. The topological polar surface area (TPSA) is 113 Å². The third kappa shape index (κ3) is 4.10. The fraction of sp³-hybridized carbons (Fsp3) is 0.235. The summed E-state index contributed by atoms with van der Waals surface area (Å²) in [5, 5.41) is 10.7. The molecule has 3 rings (SSSR count). The van der Waals surface area contributed by atoms with E-state index in [4.69, 9.17) is 9.47 Å². The van der Waals surface area contributed by atoms with Gasteiger partial charge in [-0.05, 0) is 31.2 Å². The number of thiophene rings is 1. The first-order chi connectivity index (χ1) is 13.4. The van der Waals surface area contributed by atoms with Gasteiger partial charge in [0.1, 0.15) is 17.2 Å². The predicted octanol–water partition coefficient (Wildman–Crippen LogP) is 2.99. The van der Waals surface area contributed by atoms with Crippen molar-refractivity contribution in [3.63, 3.8) is 0 Å². The zero-order valence-corrected chi connectivity index (χ0v) is 16.5. The number of aromatic nitrogens is 1. The molecule has 0 aliphatic heterocycles. The highest BCUT2D eigenvalue weighted by molar-refractivity contribution is 7.17. The van der Waals surface area contributed by atoms with E-state index in [9.17, 15) is 19.7 Å². The van der Waals surface area contributed by atoms with Crippen LogP contribution in [0.1, 0.15) is 16.6 Å². The number of nitrogens with zero attached hydrogens (tertiary/aromatic N) is 3. The van der Waals surface area contributed by atoms with E-state index in [-0.39, 0.29) is 21.2 Å². The number of carbonyl (C=O) groups excluding carboxylic acids is 2. The van der Waals surface area contributed by atoms with Gasteiger partial charge in [0.25, 0.3) is 5.91 Å². The van der Waals surface area contributed by atoms with Crippen LogP contribution in [0.4, 0.5) is 5.00 Å². The summed E-state index contributed by atoms with van der Waals surface area (Å²) in [6.45, 7) is 2.25. The van der Waals surface area contributed by atoms with E-state index < -0.39 is 16.8 Å². The van der Waals surface area contributed by atoms with Crippen molar-refractivity contribution < 1.29 is 24.0 Å². The standard InChI is InChI=1S/C17H15N3O6S2/c1-3-26-10-4-5-11-13(8-10)28-17(19(11)9-15(21)25-2)18-16(22)12-6-7-14(27-12)20(23)24/h4-8H,3,9H2,1-2H3. The Morgan fingerprint density at radius 3 is 2.68 bits per heavy atom. The van der Waals surface area contributed by atoms with Crippen LogP contribution >= 0.6 is 22.7 Å². The summed E-state index contributed by atoms with van der Waals surface area (Å²) < 4.78 is 12.6. The number of hydrogen-bond donors (Lipinski definition) is 0. The number of esters is 1. The maximum atomic E-state index is 12.5. The smallest absolute Gasteiger partial charge is 0.325 e. The van der Waals surface area contributed by atoms with Gasteiger partial charge in [-0.1, -0.05) is 22.7 Å². The minimum atomic E-state index is -0.617. The van der Waals surface area contributed by atoms with E-state index in [2.05, 4.69) is 4.99 Å². The molecular formula is C17H15N3O6S2. The van der Waals surface area contributed by atoms with Crippen molar-refractivity contribution in [2.24, 2.45) is 4.99 Å². The van der Waals surface area contributed by atoms with E-state index in [1.807, 2.05) is 6.92 Å². The maximum Gasteiger partial charge on any atom is 0.325 e. The molecular weight excluding hydrogens is 406 g/mol. The monoisotopic (exact) mass is 421 g/mol. The summed E-state index contributed by atoms with van der Waals surface area (Å²) in [7, 11) is 1.28. The van der Waals surface area contributed by atoms with E-state index in [1.165, 1.54) is 30.6 Å². The Hall–Kier alpha value is -3.05. The third-order valence-corrected chi connectivity index (χ3v) is 5.73. The fourth-order valence-electron chi connectivity index (χ4n) is 2.42. The minimum Gasteiger partial charge on any atom is -0.494 e. The summed E-state index contributed by atoms with van der Waals surface area (Å²) >= 11 is 1.96. The molecule has 0 N–H and O–H groups in total. The average Bonchev–Trinajstić information content (AvgIpc) is 3.28. The molecule has 2 aromatic heterocycles. The van der Waals surface area contributed by atoms with Gasteiger partial charge in [-0.15, -0.1) is 0 Å². The SMILES string of the molecule is CCOc1ccc2c(c1)sc(=NC(=O)c1ccc([N+](=O)[O-])s1)n2CC(=O)OC. The van der Waals surface area contributed by atoms with Crippen LogP contribution in [0.2, 0.25) is 0 Å². The summed E-state index contributed by atoms with van der Waals surface area (Å²) in [5.74, 6) is -0.448. The molecule has 0 fully saturated rings. The van der Waals surface area contributed by atoms with Crippen molar-refractivity contribution in [1.82, 2.24) is 4.57 Å². The zero-order chi connectivity index (χ0) is 20.3. The number of benzene rings is 1. The zero-order valence-electron chi connectivity index (χ0n) is 14.9. The Labute approximate surface area is 166 Å². The van der Waals surface area contributed by atoms with Crippen LogP contribution in [0.25, 0.3) is 10.2 Å². The van der Waals surface area contributed by atoms with Crippen molar-refractivity contribution in [3.8, 4) is 5.75 Å². The summed E-state index contributed by atoms with van der Waals surface area (Å²) in [5.41, 5.74) is 0.697.